The molecule has 0 aliphatic carbocycles. The Hall–Kier alpha value is -3.64. The van der Waals surface area contributed by atoms with Crippen molar-refractivity contribution in [3.63, 3.8) is 0 Å². The van der Waals surface area contributed by atoms with Crippen LogP contribution in [0.3, 0.4) is 0 Å². The van der Waals surface area contributed by atoms with E-state index in [1.807, 2.05) is 12.1 Å². The van der Waals surface area contributed by atoms with Crippen molar-refractivity contribution in [3.8, 4) is 0 Å². The molecule has 32 heavy (non-hydrogen) atoms. The summed E-state index contributed by atoms with van der Waals surface area (Å²) in [6.45, 7) is 2.74. The largest absolute Gasteiger partial charge is 0.465 e. The van der Waals surface area contributed by atoms with E-state index in [4.69, 9.17) is 4.42 Å². The number of nitrogens with one attached hydrogen (secondary N) is 2. The number of nitrogens with zero attached hydrogens (tertiary/aromatic N) is 1. The van der Waals surface area contributed by atoms with Crippen LogP contribution in [0.15, 0.2) is 89.2 Å². The highest BCUT2D eigenvalue weighted by Gasteiger charge is 2.23. The minimum Gasteiger partial charge on any atom is -0.465 e. The SMILES string of the molecule is O=C(NC1CCN(Cc2ccccc2)CC1)/C(=C\c1ccco1)NC(=O)c1ccccc1. The Morgan fingerprint density at radius 1 is 0.938 bits per heavy atom. The first kappa shape index (κ1) is 21.6. The van der Waals surface area contributed by atoms with Gasteiger partial charge in [-0.1, -0.05) is 48.5 Å². The van der Waals surface area contributed by atoms with E-state index in [1.54, 1.807) is 42.5 Å². The second-order valence-corrected chi connectivity index (χ2v) is 7.90. The number of piperidine rings is 1. The Labute approximate surface area is 187 Å². The van der Waals surface area contributed by atoms with Crippen LogP contribution in [0, 0.1) is 0 Å². The second-order valence-electron chi connectivity index (χ2n) is 7.90. The number of furan rings is 1. The van der Waals surface area contributed by atoms with Crippen molar-refractivity contribution in [3.05, 3.63) is 102 Å². The summed E-state index contributed by atoms with van der Waals surface area (Å²) in [5.74, 6) is -0.149. The standard InChI is InChI=1S/C26H27N3O3/c30-25(21-10-5-2-6-11-21)28-24(18-23-12-7-17-32-23)26(31)27-22-13-15-29(16-14-22)19-20-8-3-1-4-9-20/h1-12,17-18,22H,13-16,19H2,(H,27,31)(H,28,30)/b24-18+. The zero-order valence-corrected chi connectivity index (χ0v) is 17.9. The fourth-order valence-electron chi connectivity index (χ4n) is 3.80. The first-order valence-electron chi connectivity index (χ1n) is 10.9. The Bertz CT molecular complexity index is 1040. The molecule has 2 amide bonds. The number of hydrogen-bond acceptors (Lipinski definition) is 4. The molecule has 0 atom stereocenters. The molecule has 2 aromatic carbocycles. The number of rotatable bonds is 7. The van der Waals surface area contributed by atoms with Crippen molar-refractivity contribution >= 4 is 17.9 Å². The minimum atomic E-state index is -0.337. The van der Waals surface area contributed by atoms with Crippen molar-refractivity contribution in [2.75, 3.05) is 13.1 Å². The molecule has 0 saturated carbocycles. The normalized spacial score (nSPS) is 15.3. The van der Waals surface area contributed by atoms with Crippen molar-refractivity contribution in [1.82, 2.24) is 15.5 Å². The lowest BCUT2D eigenvalue weighted by molar-refractivity contribution is -0.118. The number of carbonyl (C=O) groups is 2. The smallest absolute Gasteiger partial charge is 0.268 e. The van der Waals surface area contributed by atoms with Crippen LogP contribution in [0.25, 0.3) is 6.08 Å². The number of benzene rings is 2. The van der Waals surface area contributed by atoms with Crippen LogP contribution in [0.1, 0.15) is 34.5 Å². The molecule has 1 aliphatic rings. The molecule has 0 bridgehead atoms. The molecule has 0 radical (unpaired) electrons. The molecule has 0 spiro atoms. The van der Waals surface area contributed by atoms with Crippen molar-refractivity contribution in [2.45, 2.75) is 25.4 Å². The average molecular weight is 430 g/mol. The lowest BCUT2D eigenvalue weighted by Crippen LogP contribution is -2.46. The summed E-state index contributed by atoms with van der Waals surface area (Å²) in [4.78, 5) is 28.1. The van der Waals surface area contributed by atoms with Crippen molar-refractivity contribution in [1.29, 1.82) is 0 Å². The maximum Gasteiger partial charge on any atom is 0.268 e. The fourth-order valence-corrected chi connectivity index (χ4v) is 3.80. The summed E-state index contributed by atoms with van der Waals surface area (Å²) >= 11 is 0. The fraction of sp³-hybridized carbons (Fsp3) is 0.231. The third-order valence-corrected chi connectivity index (χ3v) is 5.53. The van der Waals surface area contributed by atoms with Crippen LogP contribution in [0.2, 0.25) is 0 Å². The molecular weight excluding hydrogens is 402 g/mol. The molecule has 0 unspecified atom stereocenters. The van der Waals surface area contributed by atoms with E-state index in [2.05, 4.69) is 39.8 Å². The van der Waals surface area contributed by atoms with Crippen LogP contribution in [-0.2, 0) is 11.3 Å². The number of hydrogen-bond donors (Lipinski definition) is 2. The van der Waals surface area contributed by atoms with Gasteiger partial charge in [0.2, 0.25) is 0 Å². The summed E-state index contributed by atoms with van der Waals surface area (Å²) in [6, 6.07) is 22.8. The molecular formula is C26H27N3O3. The van der Waals surface area contributed by atoms with Gasteiger partial charge in [0.05, 0.1) is 6.26 Å². The summed E-state index contributed by atoms with van der Waals surface area (Å²) in [7, 11) is 0. The Morgan fingerprint density at radius 2 is 1.62 bits per heavy atom. The van der Waals surface area contributed by atoms with E-state index in [0.29, 0.717) is 11.3 Å². The highest BCUT2D eigenvalue weighted by Crippen LogP contribution is 2.15. The summed E-state index contributed by atoms with van der Waals surface area (Å²) in [6.07, 6.45) is 4.81. The molecule has 1 aromatic heterocycles. The lowest BCUT2D eigenvalue weighted by atomic mass is 10.0. The molecule has 2 heterocycles. The van der Waals surface area contributed by atoms with Crippen LogP contribution in [-0.4, -0.2) is 35.8 Å². The lowest BCUT2D eigenvalue weighted by Gasteiger charge is -2.32. The van der Waals surface area contributed by atoms with Gasteiger partial charge in [-0.25, -0.2) is 0 Å². The number of amides is 2. The topological polar surface area (TPSA) is 74.6 Å². The van der Waals surface area contributed by atoms with Crippen LogP contribution < -0.4 is 10.6 Å². The molecule has 6 nitrogen and oxygen atoms in total. The average Bonchev–Trinajstić information content (AvgIpc) is 3.34. The monoisotopic (exact) mass is 429 g/mol. The van der Waals surface area contributed by atoms with E-state index in [-0.39, 0.29) is 23.6 Å². The molecule has 1 saturated heterocycles. The summed E-state index contributed by atoms with van der Waals surface area (Å²) < 4.78 is 5.35. The van der Waals surface area contributed by atoms with E-state index in [1.165, 1.54) is 11.8 Å². The van der Waals surface area contributed by atoms with Gasteiger partial charge in [0.1, 0.15) is 11.5 Å². The van der Waals surface area contributed by atoms with Gasteiger partial charge in [-0.15, -0.1) is 0 Å². The highest BCUT2D eigenvalue weighted by atomic mass is 16.3. The summed E-state index contributed by atoms with van der Waals surface area (Å²) in [5.41, 5.74) is 1.95. The molecule has 2 N–H and O–H groups in total. The molecule has 1 aliphatic heterocycles. The van der Waals surface area contributed by atoms with Gasteiger partial charge in [-0.2, -0.15) is 0 Å². The third-order valence-electron chi connectivity index (χ3n) is 5.53. The maximum absolute atomic E-state index is 13.0. The van der Waals surface area contributed by atoms with Crippen LogP contribution in [0.5, 0.6) is 0 Å². The first-order chi connectivity index (χ1) is 15.7. The maximum atomic E-state index is 13.0. The molecule has 3 aromatic rings. The van der Waals surface area contributed by atoms with E-state index in [0.717, 1.165) is 32.5 Å². The van der Waals surface area contributed by atoms with Gasteiger partial charge >= 0.3 is 0 Å². The molecule has 164 valence electrons. The van der Waals surface area contributed by atoms with Crippen LogP contribution >= 0.6 is 0 Å². The predicted molar refractivity (Wildman–Crippen MR) is 123 cm³/mol. The van der Waals surface area contributed by atoms with Crippen molar-refractivity contribution in [2.24, 2.45) is 0 Å². The van der Waals surface area contributed by atoms with Gasteiger partial charge in [0.25, 0.3) is 11.8 Å². The highest BCUT2D eigenvalue weighted by molar-refractivity contribution is 6.05. The van der Waals surface area contributed by atoms with Gasteiger partial charge in [-0.05, 0) is 42.7 Å². The van der Waals surface area contributed by atoms with Gasteiger partial charge < -0.3 is 15.1 Å². The Kier molecular flexibility index (Phi) is 7.15. The first-order valence-corrected chi connectivity index (χ1v) is 10.9. The Morgan fingerprint density at radius 3 is 2.28 bits per heavy atom. The summed E-state index contributed by atoms with van der Waals surface area (Å²) in [5, 5.41) is 5.82. The molecule has 6 heteroatoms. The zero-order valence-electron chi connectivity index (χ0n) is 17.9. The zero-order chi connectivity index (χ0) is 22.2. The minimum absolute atomic E-state index is 0.0585. The van der Waals surface area contributed by atoms with Gasteiger partial charge in [0, 0.05) is 37.3 Å². The van der Waals surface area contributed by atoms with E-state index < -0.39 is 0 Å². The van der Waals surface area contributed by atoms with Crippen LogP contribution in [0.4, 0.5) is 0 Å². The third kappa shape index (κ3) is 5.95. The Balaban J connectivity index is 1.37. The molecule has 4 rings (SSSR count). The predicted octanol–water partition coefficient (Wildman–Crippen LogP) is 3.83. The van der Waals surface area contributed by atoms with E-state index in [9.17, 15) is 9.59 Å². The second kappa shape index (κ2) is 10.6. The van der Waals surface area contributed by atoms with Gasteiger partial charge in [0.15, 0.2) is 0 Å². The number of carbonyl (C=O) groups excluding carboxylic acids is 2. The van der Waals surface area contributed by atoms with Crippen molar-refractivity contribution < 1.29 is 14.0 Å². The van der Waals surface area contributed by atoms with E-state index >= 15 is 0 Å². The quantitative estimate of drug-likeness (QED) is 0.560. The van der Waals surface area contributed by atoms with Gasteiger partial charge in [-0.3, -0.25) is 14.5 Å². The number of likely N-dealkylation sites (tertiary alicyclic amines) is 1. The molecule has 1 fully saturated rings.